The van der Waals surface area contributed by atoms with Crippen molar-refractivity contribution in [2.24, 2.45) is 5.92 Å². The lowest BCUT2D eigenvalue weighted by Crippen LogP contribution is -2.29. The van der Waals surface area contributed by atoms with Crippen LogP contribution in [0.15, 0.2) is 72.5 Å². The molecule has 2 unspecified atom stereocenters. The van der Waals surface area contributed by atoms with Crippen LogP contribution in [0.4, 0.5) is 11.4 Å². The Hall–Kier alpha value is -3.32. The zero-order chi connectivity index (χ0) is 18.5. The Bertz CT molecular complexity index is 921. The average molecular weight is 343 g/mol. The van der Waals surface area contributed by atoms with E-state index in [0.717, 1.165) is 22.5 Å². The quantitative estimate of drug-likeness (QED) is 0.792. The van der Waals surface area contributed by atoms with Gasteiger partial charge in [0.2, 0.25) is 0 Å². The second-order valence-corrected chi connectivity index (χ2v) is 6.50. The lowest BCUT2D eigenvalue weighted by atomic mass is 9.93. The molecule has 2 N–H and O–H groups in total. The molecule has 0 amide bonds. The summed E-state index contributed by atoms with van der Waals surface area (Å²) in [7, 11) is 0. The predicted octanol–water partition coefficient (Wildman–Crippen LogP) is 4.36. The van der Waals surface area contributed by atoms with Crippen LogP contribution in [-0.4, -0.2) is 11.8 Å². The van der Waals surface area contributed by atoms with Crippen LogP contribution in [0.2, 0.25) is 0 Å². The van der Waals surface area contributed by atoms with Gasteiger partial charge < -0.3 is 10.6 Å². The van der Waals surface area contributed by atoms with Gasteiger partial charge in [0.25, 0.3) is 0 Å². The van der Waals surface area contributed by atoms with Gasteiger partial charge in [0.05, 0.1) is 23.6 Å². The van der Waals surface area contributed by atoms with Gasteiger partial charge in [-0.3, -0.25) is 4.79 Å². The molecule has 0 radical (unpaired) electrons. The molecular weight excluding hydrogens is 322 g/mol. The lowest BCUT2D eigenvalue weighted by molar-refractivity contribution is -0.116. The summed E-state index contributed by atoms with van der Waals surface area (Å²) >= 11 is 0. The molecule has 2 aromatic carbocycles. The van der Waals surface area contributed by atoms with Gasteiger partial charge in [-0.15, -0.1) is 0 Å². The second-order valence-electron chi connectivity index (χ2n) is 6.50. The molecular formula is C22H21N3O. The van der Waals surface area contributed by atoms with Gasteiger partial charge in [-0.25, -0.2) is 0 Å². The van der Waals surface area contributed by atoms with Crippen molar-refractivity contribution in [2.45, 2.75) is 19.9 Å². The number of benzene rings is 2. The van der Waals surface area contributed by atoms with Crippen molar-refractivity contribution in [3.05, 3.63) is 83.6 Å². The van der Waals surface area contributed by atoms with E-state index in [-0.39, 0.29) is 11.8 Å². The summed E-state index contributed by atoms with van der Waals surface area (Å²) < 4.78 is 0. The Kier molecular flexibility index (Phi) is 5.19. The van der Waals surface area contributed by atoms with Crippen molar-refractivity contribution < 1.29 is 4.79 Å². The van der Waals surface area contributed by atoms with E-state index in [9.17, 15) is 10.1 Å². The van der Waals surface area contributed by atoms with E-state index in [1.54, 1.807) is 12.3 Å². The van der Waals surface area contributed by atoms with Crippen LogP contribution in [0.3, 0.4) is 0 Å². The summed E-state index contributed by atoms with van der Waals surface area (Å²) in [4.78, 5) is 12.4. The third-order valence-corrected chi connectivity index (χ3v) is 4.36. The Morgan fingerprint density at radius 2 is 1.73 bits per heavy atom. The number of hydrogen-bond acceptors (Lipinski definition) is 4. The van der Waals surface area contributed by atoms with E-state index in [4.69, 9.17) is 0 Å². The van der Waals surface area contributed by atoms with Crippen molar-refractivity contribution in [2.75, 3.05) is 10.6 Å². The van der Waals surface area contributed by atoms with Crippen molar-refractivity contribution in [1.82, 2.24) is 0 Å². The van der Waals surface area contributed by atoms with E-state index in [1.165, 1.54) is 0 Å². The normalized spacial score (nSPS) is 19.3. The lowest BCUT2D eigenvalue weighted by Gasteiger charge is -2.20. The fraction of sp³-hybridized carbons (Fsp3) is 0.182. The minimum absolute atomic E-state index is 0.0611. The highest BCUT2D eigenvalue weighted by molar-refractivity contribution is 5.98. The minimum Gasteiger partial charge on any atom is -0.378 e. The highest BCUT2D eigenvalue weighted by Gasteiger charge is 2.33. The Morgan fingerprint density at radius 1 is 1.08 bits per heavy atom. The van der Waals surface area contributed by atoms with Gasteiger partial charge in [0, 0.05) is 17.6 Å². The maximum atomic E-state index is 12.4. The molecule has 0 bridgehead atoms. The Morgan fingerprint density at radius 3 is 2.38 bits per heavy atom. The topological polar surface area (TPSA) is 64.9 Å². The number of rotatable bonds is 5. The van der Waals surface area contributed by atoms with Crippen LogP contribution >= 0.6 is 0 Å². The average Bonchev–Trinajstić information content (AvgIpc) is 2.96. The molecule has 0 saturated carbocycles. The SMILES string of the molecule is Cc1cccc(NC=C(C#N)C2C(=O)C=CC2Nc2cccc(C)c2)c1. The van der Waals surface area contributed by atoms with Crippen LogP contribution in [0.25, 0.3) is 0 Å². The van der Waals surface area contributed by atoms with Gasteiger partial charge in [-0.2, -0.15) is 5.26 Å². The molecule has 1 aliphatic rings. The summed E-state index contributed by atoms with van der Waals surface area (Å²) in [6.07, 6.45) is 5.01. The van der Waals surface area contributed by atoms with Gasteiger partial charge >= 0.3 is 0 Å². The molecule has 3 rings (SSSR count). The zero-order valence-electron chi connectivity index (χ0n) is 14.9. The smallest absolute Gasteiger partial charge is 0.166 e. The number of allylic oxidation sites excluding steroid dienone is 1. The number of anilines is 2. The molecule has 2 atom stereocenters. The maximum Gasteiger partial charge on any atom is 0.166 e. The molecule has 0 aliphatic heterocycles. The molecule has 1 aliphatic carbocycles. The van der Waals surface area contributed by atoms with Crippen LogP contribution < -0.4 is 10.6 Å². The molecule has 0 heterocycles. The van der Waals surface area contributed by atoms with Crippen LogP contribution in [-0.2, 0) is 4.79 Å². The number of aryl methyl sites for hydroxylation is 2. The first kappa shape index (κ1) is 17.5. The van der Waals surface area contributed by atoms with Gasteiger partial charge in [0.1, 0.15) is 0 Å². The van der Waals surface area contributed by atoms with E-state index in [0.29, 0.717) is 5.57 Å². The number of nitriles is 1. The van der Waals surface area contributed by atoms with Crippen LogP contribution in [0.1, 0.15) is 11.1 Å². The standard InChI is InChI=1S/C22H21N3O/c1-15-5-3-7-18(11-15)24-14-17(13-23)22-20(9-10-21(22)26)25-19-8-4-6-16(2)12-19/h3-12,14,20,22,24-25H,1-2H3. The molecule has 130 valence electrons. The predicted molar refractivity (Wildman–Crippen MR) is 105 cm³/mol. The van der Waals surface area contributed by atoms with Crippen molar-refractivity contribution in [3.8, 4) is 6.07 Å². The molecule has 0 saturated heterocycles. The van der Waals surface area contributed by atoms with Gasteiger partial charge in [-0.05, 0) is 55.3 Å². The van der Waals surface area contributed by atoms with Crippen LogP contribution in [0.5, 0.6) is 0 Å². The summed E-state index contributed by atoms with van der Waals surface area (Å²) in [5.41, 5.74) is 4.49. The minimum atomic E-state index is -0.530. The Labute approximate surface area is 153 Å². The number of hydrogen-bond donors (Lipinski definition) is 2. The number of carbonyl (C=O) groups excluding carboxylic acids is 1. The number of nitrogens with one attached hydrogen (secondary N) is 2. The van der Waals surface area contributed by atoms with Crippen molar-refractivity contribution in [1.29, 1.82) is 5.26 Å². The summed E-state index contributed by atoms with van der Waals surface area (Å²) in [5, 5.41) is 16.1. The fourth-order valence-corrected chi connectivity index (χ4v) is 3.08. The van der Waals surface area contributed by atoms with Crippen molar-refractivity contribution in [3.63, 3.8) is 0 Å². The zero-order valence-corrected chi connectivity index (χ0v) is 14.9. The van der Waals surface area contributed by atoms with E-state index < -0.39 is 5.92 Å². The molecule has 4 heteroatoms. The first-order chi connectivity index (χ1) is 12.6. The molecule has 26 heavy (non-hydrogen) atoms. The van der Waals surface area contributed by atoms with Crippen LogP contribution in [0, 0.1) is 31.1 Å². The number of ketones is 1. The molecule has 0 aromatic heterocycles. The van der Waals surface area contributed by atoms with Crippen molar-refractivity contribution >= 4 is 17.2 Å². The number of nitrogens with zero attached hydrogens (tertiary/aromatic N) is 1. The van der Waals surface area contributed by atoms with Gasteiger partial charge in [0.15, 0.2) is 5.78 Å². The van der Waals surface area contributed by atoms with E-state index in [2.05, 4.69) is 16.7 Å². The number of carbonyl (C=O) groups is 1. The first-order valence-corrected chi connectivity index (χ1v) is 8.55. The molecule has 0 spiro atoms. The van der Waals surface area contributed by atoms with E-state index in [1.807, 2.05) is 68.5 Å². The monoisotopic (exact) mass is 343 g/mol. The third kappa shape index (κ3) is 4.01. The molecule has 2 aromatic rings. The second kappa shape index (κ2) is 7.71. The summed E-state index contributed by atoms with van der Waals surface area (Å²) in [6, 6.07) is 17.8. The molecule has 4 nitrogen and oxygen atoms in total. The first-order valence-electron chi connectivity index (χ1n) is 8.55. The highest BCUT2D eigenvalue weighted by Crippen LogP contribution is 2.27. The molecule has 0 fully saturated rings. The highest BCUT2D eigenvalue weighted by atomic mass is 16.1. The summed E-state index contributed by atoms with van der Waals surface area (Å²) in [6.45, 7) is 4.02. The largest absolute Gasteiger partial charge is 0.378 e. The summed E-state index contributed by atoms with van der Waals surface area (Å²) in [5.74, 6) is -0.591. The maximum absolute atomic E-state index is 12.4. The third-order valence-electron chi connectivity index (χ3n) is 4.36. The van der Waals surface area contributed by atoms with Gasteiger partial charge in [-0.1, -0.05) is 30.3 Å². The Balaban J connectivity index is 1.80. The van der Waals surface area contributed by atoms with E-state index >= 15 is 0 Å². The fourth-order valence-electron chi connectivity index (χ4n) is 3.08.